The van der Waals surface area contributed by atoms with Crippen LogP contribution in [0.25, 0.3) is 11.4 Å². The number of halogens is 1. The molecular weight excluding hydrogens is 338 g/mol. The molecule has 0 bridgehead atoms. The van der Waals surface area contributed by atoms with E-state index in [-0.39, 0.29) is 12.4 Å². The van der Waals surface area contributed by atoms with Crippen molar-refractivity contribution in [1.29, 1.82) is 0 Å². The van der Waals surface area contributed by atoms with Crippen LogP contribution in [0.2, 0.25) is 0 Å². The molecule has 2 heterocycles. The highest BCUT2D eigenvalue weighted by atomic mass is 35.5. The minimum atomic E-state index is 0. The third-order valence-corrected chi connectivity index (χ3v) is 4.17. The lowest BCUT2D eigenvalue weighted by Gasteiger charge is -2.09. The van der Waals surface area contributed by atoms with Crippen molar-refractivity contribution in [1.82, 2.24) is 24.7 Å². The summed E-state index contributed by atoms with van der Waals surface area (Å²) < 4.78 is 1.72. The van der Waals surface area contributed by atoms with Gasteiger partial charge in [0.05, 0.1) is 0 Å². The van der Waals surface area contributed by atoms with Gasteiger partial charge in [-0.1, -0.05) is 12.1 Å². The number of nitrogens with two attached hydrogens (primary N) is 1. The number of nitrogens with one attached hydrogen (secondary N) is 1. The van der Waals surface area contributed by atoms with Crippen LogP contribution in [0.3, 0.4) is 0 Å². The van der Waals surface area contributed by atoms with E-state index in [4.69, 9.17) is 5.73 Å². The van der Waals surface area contributed by atoms with E-state index in [0.717, 1.165) is 5.56 Å². The van der Waals surface area contributed by atoms with Crippen LogP contribution >= 0.6 is 12.4 Å². The molecule has 1 aliphatic rings. The second-order valence-electron chi connectivity index (χ2n) is 6.02. The van der Waals surface area contributed by atoms with Crippen LogP contribution in [0.5, 0.6) is 0 Å². The molecule has 2 aromatic heterocycles. The van der Waals surface area contributed by atoms with Gasteiger partial charge in [-0.15, -0.1) is 12.4 Å². The first-order valence-corrected chi connectivity index (χ1v) is 8.02. The van der Waals surface area contributed by atoms with Crippen molar-refractivity contribution < 1.29 is 0 Å². The third-order valence-electron chi connectivity index (χ3n) is 4.17. The average molecular weight is 358 g/mol. The summed E-state index contributed by atoms with van der Waals surface area (Å²) in [5.74, 6) is 2.46. The van der Waals surface area contributed by atoms with E-state index in [0.29, 0.717) is 30.1 Å². The maximum Gasteiger partial charge on any atom is 0.231 e. The summed E-state index contributed by atoms with van der Waals surface area (Å²) in [6.45, 7) is 0.565. The van der Waals surface area contributed by atoms with E-state index in [2.05, 4.69) is 37.5 Å². The van der Waals surface area contributed by atoms with Gasteiger partial charge in [0.1, 0.15) is 6.33 Å². The molecule has 0 saturated heterocycles. The van der Waals surface area contributed by atoms with Gasteiger partial charge >= 0.3 is 0 Å². The smallest absolute Gasteiger partial charge is 0.231 e. The molecule has 25 heavy (non-hydrogen) atoms. The highest BCUT2D eigenvalue weighted by Crippen LogP contribution is 2.42. The number of nitrogens with zero attached hydrogens (tertiary/aromatic N) is 5. The molecule has 0 atom stereocenters. The molecule has 3 N–H and O–H groups in total. The van der Waals surface area contributed by atoms with Gasteiger partial charge in [0.2, 0.25) is 5.95 Å². The SMILES string of the molecule is Cl.Cn1ccc(Nc2ncnc(-c3ccc(CN)c(C4CC4)c3)n2)n1. The molecular formula is C17H20ClN7. The van der Waals surface area contributed by atoms with Gasteiger partial charge in [0, 0.05) is 31.4 Å². The first-order valence-electron chi connectivity index (χ1n) is 8.02. The van der Waals surface area contributed by atoms with Crippen molar-refractivity contribution in [3.8, 4) is 11.4 Å². The van der Waals surface area contributed by atoms with Crippen LogP contribution in [-0.4, -0.2) is 24.7 Å². The Bertz CT molecular complexity index is 873. The molecule has 1 aromatic carbocycles. The Balaban J connectivity index is 0.00000182. The Kier molecular flexibility index (Phi) is 4.96. The molecule has 0 spiro atoms. The number of rotatable bonds is 5. The van der Waals surface area contributed by atoms with Crippen molar-refractivity contribution in [2.45, 2.75) is 25.3 Å². The zero-order valence-corrected chi connectivity index (χ0v) is 14.7. The summed E-state index contributed by atoms with van der Waals surface area (Å²) in [5.41, 5.74) is 9.38. The number of benzene rings is 1. The topological polar surface area (TPSA) is 94.5 Å². The molecule has 1 saturated carbocycles. The molecule has 4 rings (SSSR count). The largest absolute Gasteiger partial charge is 0.326 e. The molecule has 8 heteroatoms. The Hall–Kier alpha value is -2.51. The van der Waals surface area contributed by atoms with Crippen molar-refractivity contribution in [2.24, 2.45) is 12.8 Å². The van der Waals surface area contributed by atoms with Crippen LogP contribution in [-0.2, 0) is 13.6 Å². The summed E-state index contributed by atoms with van der Waals surface area (Å²) in [7, 11) is 1.86. The third kappa shape index (κ3) is 3.78. The molecule has 3 aromatic rings. The minimum absolute atomic E-state index is 0. The lowest BCUT2D eigenvalue weighted by Crippen LogP contribution is -2.03. The van der Waals surface area contributed by atoms with E-state index < -0.39 is 0 Å². The summed E-state index contributed by atoms with van der Waals surface area (Å²) in [4.78, 5) is 13.0. The second kappa shape index (κ2) is 7.16. The van der Waals surface area contributed by atoms with Crippen molar-refractivity contribution in [2.75, 3.05) is 5.32 Å². The van der Waals surface area contributed by atoms with Gasteiger partial charge in [-0.05, 0) is 36.0 Å². The number of hydrogen-bond donors (Lipinski definition) is 2. The summed E-state index contributed by atoms with van der Waals surface area (Å²) in [6.07, 6.45) is 5.85. The van der Waals surface area contributed by atoms with Crippen LogP contribution < -0.4 is 11.1 Å². The number of anilines is 2. The van der Waals surface area contributed by atoms with Gasteiger partial charge in [-0.2, -0.15) is 10.1 Å². The molecule has 1 aliphatic carbocycles. The quantitative estimate of drug-likeness (QED) is 0.729. The fourth-order valence-electron chi connectivity index (χ4n) is 2.79. The van der Waals surface area contributed by atoms with Crippen molar-refractivity contribution in [3.05, 3.63) is 47.9 Å². The van der Waals surface area contributed by atoms with Gasteiger partial charge in [0.25, 0.3) is 0 Å². The molecule has 0 unspecified atom stereocenters. The first-order chi connectivity index (χ1) is 11.7. The van der Waals surface area contributed by atoms with Crippen molar-refractivity contribution >= 4 is 24.2 Å². The minimum Gasteiger partial charge on any atom is -0.326 e. The van der Waals surface area contributed by atoms with Crippen molar-refractivity contribution in [3.63, 3.8) is 0 Å². The number of hydrogen-bond acceptors (Lipinski definition) is 6. The molecule has 1 fully saturated rings. The van der Waals surface area contributed by atoms with Crippen LogP contribution in [0.4, 0.5) is 11.8 Å². The Morgan fingerprint density at radius 2 is 2.08 bits per heavy atom. The maximum atomic E-state index is 5.86. The number of aromatic nitrogens is 5. The predicted octanol–water partition coefficient (Wildman–Crippen LogP) is 2.77. The van der Waals surface area contributed by atoms with E-state index in [1.54, 1.807) is 4.68 Å². The fraction of sp³-hybridized carbons (Fsp3) is 0.294. The van der Waals surface area contributed by atoms with Gasteiger partial charge in [-0.25, -0.2) is 9.97 Å². The second-order valence-corrected chi connectivity index (χ2v) is 6.02. The molecule has 0 aliphatic heterocycles. The van der Waals surface area contributed by atoms with Crippen LogP contribution in [0.15, 0.2) is 36.8 Å². The Morgan fingerprint density at radius 3 is 2.76 bits per heavy atom. The van der Waals surface area contributed by atoms with Gasteiger partial charge < -0.3 is 11.1 Å². The Morgan fingerprint density at radius 1 is 1.24 bits per heavy atom. The standard InChI is InChI=1S/C17H19N7.ClH/c1-24-7-6-15(23-24)21-17-20-10-19-16(22-17)12-4-5-13(9-18)14(8-12)11-2-3-11;/h4-8,10-11H,2-3,9,18H2,1H3,(H,19,20,21,22,23);1H. The van der Waals surface area contributed by atoms with Crippen LogP contribution in [0, 0.1) is 0 Å². The number of aryl methyl sites for hydroxylation is 1. The van der Waals surface area contributed by atoms with Crippen LogP contribution in [0.1, 0.15) is 29.9 Å². The molecule has 7 nitrogen and oxygen atoms in total. The molecule has 130 valence electrons. The highest BCUT2D eigenvalue weighted by molar-refractivity contribution is 5.85. The fourth-order valence-corrected chi connectivity index (χ4v) is 2.79. The Labute approximate surface area is 152 Å². The van der Waals surface area contributed by atoms with E-state index in [1.807, 2.05) is 25.4 Å². The highest BCUT2D eigenvalue weighted by Gasteiger charge is 2.26. The lowest BCUT2D eigenvalue weighted by atomic mass is 10.00. The first kappa shape index (κ1) is 17.3. The summed E-state index contributed by atoms with van der Waals surface area (Å²) in [5, 5.41) is 7.36. The lowest BCUT2D eigenvalue weighted by molar-refractivity contribution is 0.770. The van der Waals surface area contributed by atoms with E-state index in [9.17, 15) is 0 Å². The monoisotopic (exact) mass is 357 g/mol. The molecule has 0 amide bonds. The maximum absolute atomic E-state index is 5.86. The van der Waals surface area contributed by atoms with E-state index in [1.165, 1.54) is 30.3 Å². The zero-order valence-electron chi connectivity index (χ0n) is 13.9. The average Bonchev–Trinajstić information content (AvgIpc) is 3.37. The normalized spacial score (nSPS) is 13.4. The predicted molar refractivity (Wildman–Crippen MR) is 98.9 cm³/mol. The van der Waals surface area contributed by atoms with E-state index >= 15 is 0 Å². The summed E-state index contributed by atoms with van der Waals surface area (Å²) >= 11 is 0. The zero-order chi connectivity index (χ0) is 16.5. The van der Waals surface area contributed by atoms with Gasteiger partial charge in [0.15, 0.2) is 11.6 Å². The summed E-state index contributed by atoms with van der Waals surface area (Å²) in [6, 6.07) is 8.14. The molecule has 0 radical (unpaired) electrons. The van der Waals surface area contributed by atoms with Gasteiger partial charge in [-0.3, -0.25) is 4.68 Å².